The van der Waals surface area contributed by atoms with E-state index in [1.54, 1.807) is 0 Å². The predicted molar refractivity (Wildman–Crippen MR) is 87.1 cm³/mol. The molecule has 1 aliphatic carbocycles. The first-order valence-electron chi connectivity index (χ1n) is 9.39. The van der Waals surface area contributed by atoms with E-state index in [9.17, 15) is 4.79 Å². The number of cyclic esters (lactones) is 1. The van der Waals surface area contributed by atoms with Crippen LogP contribution in [0.15, 0.2) is 0 Å². The van der Waals surface area contributed by atoms with E-state index in [-0.39, 0.29) is 18.0 Å². The molecule has 2 heteroatoms. The maximum atomic E-state index is 11.6. The summed E-state index contributed by atoms with van der Waals surface area (Å²) in [6, 6.07) is 0. The molecule has 1 saturated carbocycles. The molecule has 2 fully saturated rings. The normalized spacial score (nSPS) is 33.7. The average Bonchev–Trinajstić information content (AvgIpc) is 2.50. The van der Waals surface area contributed by atoms with Crippen LogP contribution in [0.1, 0.15) is 90.9 Å². The minimum atomic E-state index is 0.0332. The highest BCUT2D eigenvalue weighted by atomic mass is 16.5. The van der Waals surface area contributed by atoms with Crippen molar-refractivity contribution in [3.8, 4) is 0 Å². The summed E-state index contributed by atoms with van der Waals surface area (Å²) in [5.41, 5.74) is 0. The number of ether oxygens (including phenoxy) is 1. The Hall–Kier alpha value is -0.530. The number of rotatable bonds is 7. The van der Waals surface area contributed by atoms with Crippen molar-refractivity contribution in [2.24, 2.45) is 17.8 Å². The van der Waals surface area contributed by atoms with Gasteiger partial charge < -0.3 is 4.74 Å². The Morgan fingerprint density at radius 3 is 2.19 bits per heavy atom. The minimum Gasteiger partial charge on any atom is -0.462 e. The summed E-state index contributed by atoms with van der Waals surface area (Å²) in [4.78, 5) is 11.6. The van der Waals surface area contributed by atoms with Gasteiger partial charge in [-0.25, -0.2) is 0 Å². The highest BCUT2D eigenvalue weighted by Crippen LogP contribution is 2.35. The Labute approximate surface area is 131 Å². The molecule has 21 heavy (non-hydrogen) atoms. The Balaban J connectivity index is 1.57. The van der Waals surface area contributed by atoms with Gasteiger partial charge >= 0.3 is 5.97 Å². The maximum absolute atomic E-state index is 11.6. The zero-order valence-corrected chi connectivity index (χ0v) is 14.1. The number of unbranched alkanes of at least 4 members (excludes halogenated alkanes) is 2. The summed E-state index contributed by atoms with van der Waals surface area (Å²) in [7, 11) is 0. The van der Waals surface area contributed by atoms with E-state index in [0.29, 0.717) is 0 Å². The van der Waals surface area contributed by atoms with Crippen molar-refractivity contribution in [2.45, 2.75) is 97.0 Å². The highest BCUT2D eigenvalue weighted by molar-refractivity contribution is 5.72. The molecule has 1 aliphatic heterocycles. The molecule has 0 N–H and O–H groups in total. The zero-order chi connectivity index (χ0) is 15.1. The van der Waals surface area contributed by atoms with E-state index in [4.69, 9.17) is 4.74 Å². The van der Waals surface area contributed by atoms with Gasteiger partial charge in [0.05, 0.1) is 5.92 Å². The quantitative estimate of drug-likeness (QED) is 0.458. The molecule has 2 aliphatic rings. The molecule has 2 unspecified atom stereocenters. The Kier molecular flexibility index (Phi) is 7.06. The van der Waals surface area contributed by atoms with Crippen molar-refractivity contribution in [2.75, 3.05) is 0 Å². The first kappa shape index (κ1) is 16.8. The lowest BCUT2D eigenvalue weighted by Gasteiger charge is -2.31. The van der Waals surface area contributed by atoms with Crippen LogP contribution in [-0.2, 0) is 9.53 Å². The van der Waals surface area contributed by atoms with Crippen molar-refractivity contribution in [1.82, 2.24) is 0 Å². The third-order valence-corrected chi connectivity index (χ3v) is 5.69. The SMILES string of the molecule is CCCCC[C@H]1CC[C@H](CCC2CCC(C)C(=O)O2)CC1. The van der Waals surface area contributed by atoms with Crippen LogP contribution in [-0.4, -0.2) is 12.1 Å². The van der Waals surface area contributed by atoms with Gasteiger partial charge in [-0.2, -0.15) is 0 Å². The second kappa shape index (κ2) is 8.80. The van der Waals surface area contributed by atoms with Gasteiger partial charge in [0.15, 0.2) is 0 Å². The first-order valence-corrected chi connectivity index (χ1v) is 9.39. The van der Waals surface area contributed by atoms with Crippen LogP contribution in [0.4, 0.5) is 0 Å². The zero-order valence-electron chi connectivity index (χ0n) is 14.1. The molecule has 2 rings (SSSR count). The molecular weight excluding hydrogens is 260 g/mol. The summed E-state index contributed by atoms with van der Waals surface area (Å²) in [5.74, 6) is 2.05. The average molecular weight is 294 g/mol. The summed E-state index contributed by atoms with van der Waals surface area (Å²) >= 11 is 0. The third kappa shape index (κ3) is 5.64. The molecule has 122 valence electrons. The molecule has 1 heterocycles. The smallest absolute Gasteiger partial charge is 0.308 e. The van der Waals surface area contributed by atoms with Gasteiger partial charge in [-0.3, -0.25) is 4.79 Å². The van der Waals surface area contributed by atoms with Crippen LogP contribution in [0.5, 0.6) is 0 Å². The number of hydrogen-bond acceptors (Lipinski definition) is 2. The van der Waals surface area contributed by atoms with Crippen molar-refractivity contribution in [3.05, 3.63) is 0 Å². The van der Waals surface area contributed by atoms with Crippen LogP contribution in [0, 0.1) is 17.8 Å². The predicted octanol–water partition coefficient (Wildman–Crippen LogP) is 5.50. The number of hydrogen-bond donors (Lipinski definition) is 0. The molecular formula is C19H34O2. The lowest BCUT2D eigenvalue weighted by atomic mass is 9.77. The Morgan fingerprint density at radius 1 is 0.905 bits per heavy atom. The topological polar surface area (TPSA) is 26.3 Å². The Morgan fingerprint density at radius 2 is 1.57 bits per heavy atom. The van der Waals surface area contributed by atoms with Gasteiger partial charge in [-0.05, 0) is 37.5 Å². The molecule has 0 amide bonds. The molecule has 0 aromatic heterocycles. The van der Waals surface area contributed by atoms with E-state index in [2.05, 4.69) is 6.92 Å². The fraction of sp³-hybridized carbons (Fsp3) is 0.947. The largest absolute Gasteiger partial charge is 0.462 e. The van der Waals surface area contributed by atoms with Crippen LogP contribution in [0.3, 0.4) is 0 Å². The molecule has 0 radical (unpaired) electrons. The minimum absolute atomic E-state index is 0.0332. The molecule has 0 bridgehead atoms. The van der Waals surface area contributed by atoms with Gasteiger partial charge in [0.1, 0.15) is 6.10 Å². The van der Waals surface area contributed by atoms with E-state index in [1.807, 2.05) is 6.92 Å². The van der Waals surface area contributed by atoms with Gasteiger partial charge in [0, 0.05) is 0 Å². The summed E-state index contributed by atoms with van der Waals surface area (Å²) in [5, 5.41) is 0. The number of carbonyl (C=O) groups excluding carboxylic acids is 1. The maximum Gasteiger partial charge on any atom is 0.308 e. The third-order valence-electron chi connectivity index (χ3n) is 5.69. The standard InChI is InChI=1S/C19H34O2/c1-3-4-5-6-16-8-10-17(11-9-16)12-14-18-13-7-15(2)19(20)21-18/h15-18H,3-14H2,1-2H3/t15?,16-,17-,18?. The van der Waals surface area contributed by atoms with Gasteiger partial charge in [0.25, 0.3) is 0 Å². The lowest BCUT2D eigenvalue weighted by Crippen LogP contribution is -2.30. The molecule has 1 saturated heterocycles. The highest BCUT2D eigenvalue weighted by Gasteiger charge is 2.28. The second-order valence-electron chi connectivity index (χ2n) is 7.50. The van der Waals surface area contributed by atoms with E-state index >= 15 is 0 Å². The van der Waals surface area contributed by atoms with Crippen molar-refractivity contribution >= 4 is 5.97 Å². The van der Waals surface area contributed by atoms with Crippen LogP contribution in [0.25, 0.3) is 0 Å². The van der Waals surface area contributed by atoms with E-state index in [1.165, 1.54) is 57.8 Å². The molecule has 0 aromatic rings. The molecule has 0 spiro atoms. The van der Waals surface area contributed by atoms with E-state index < -0.39 is 0 Å². The summed E-state index contributed by atoms with van der Waals surface area (Å²) in [6.07, 6.45) is 16.0. The summed E-state index contributed by atoms with van der Waals surface area (Å²) < 4.78 is 5.54. The molecule has 0 aromatic carbocycles. The second-order valence-corrected chi connectivity index (χ2v) is 7.50. The van der Waals surface area contributed by atoms with Crippen LogP contribution < -0.4 is 0 Å². The fourth-order valence-corrected chi connectivity index (χ4v) is 4.01. The van der Waals surface area contributed by atoms with Gasteiger partial charge in [0.2, 0.25) is 0 Å². The molecule has 2 atom stereocenters. The fourth-order valence-electron chi connectivity index (χ4n) is 4.01. The van der Waals surface area contributed by atoms with Crippen molar-refractivity contribution in [1.29, 1.82) is 0 Å². The monoisotopic (exact) mass is 294 g/mol. The van der Waals surface area contributed by atoms with Crippen LogP contribution >= 0.6 is 0 Å². The number of esters is 1. The van der Waals surface area contributed by atoms with E-state index in [0.717, 1.165) is 31.1 Å². The first-order chi connectivity index (χ1) is 10.2. The van der Waals surface area contributed by atoms with Crippen LogP contribution in [0.2, 0.25) is 0 Å². The molecule has 2 nitrogen and oxygen atoms in total. The van der Waals surface area contributed by atoms with Crippen molar-refractivity contribution in [3.63, 3.8) is 0 Å². The lowest BCUT2D eigenvalue weighted by molar-refractivity contribution is -0.160. The number of carbonyl (C=O) groups is 1. The Bertz CT molecular complexity index is 305. The van der Waals surface area contributed by atoms with Gasteiger partial charge in [-0.15, -0.1) is 0 Å². The summed E-state index contributed by atoms with van der Waals surface area (Å²) in [6.45, 7) is 4.27. The van der Waals surface area contributed by atoms with Crippen molar-refractivity contribution < 1.29 is 9.53 Å². The van der Waals surface area contributed by atoms with Gasteiger partial charge in [-0.1, -0.05) is 65.2 Å².